The van der Waals surface area contributed by atoms with E-state index in [-0.39, 0.29) is 18.1 Å². The lowest BCUT2D eigenvalue weighted by molar-refractivity contribution is -0.142. The fourth-order valence-corrected chi connectivity index (χ4v) is 1.98. The van der Waals surface area contributed by atoms with Crippen molar-refractivity contribution in [3.63, 3.8) is 0 Å². The number of thiophene rings is 1. The highest BCUT2D eigenvalue weighted by atomic mass is 32.1. The van der Waals surface area contributed by atoms with Crippen molar-refractivity contribution in [2.45, 2.75) is 25.9 Å². The molecule has 1 N–H and O–H groups in total. The summed E-state index contributed by atoms with van der Waals surface area (Å²) in [6, 6.07) is 3.97. The highest BCUT2D eigenvalue weighted by Gasteiger charge is 2.16. The number of carbonyl (C=O) groups excluding carboxylic acids is 1. The Bertz CT molecular complexity index is 284. The molecule has 0 fully saturated rings. The van der Waals surface area contributed by atoms with E-state index in [1.54, 1.807) is 18.3 Å². The molecule has 0 aliphatic rings. The van der Waals surface area contributed by atoms with Crippen molar-refractivity contribution in [1.82, 2.24) is 5.32 Å². The summed E-state index contributed by atoms with van der Waals surface area (Å²) in [7, 11) is 1.40. The lowest BCUT2D eigenvalue weighted by Gasteiger charge is -2.16. The number of methoxy groups -OCH3 is 1. The van der Waals surface area contributed by atoms with Crippen LogP contribution in [0.25, 0.3) is 0 Å². The Balaban J connectivity index is 2.49. The molecule has 1 rings (SSSR count). The quantitative estimate of drug-likeness (QED) is 0.777. The van der Waals surface area contributed by atoms with Crippen LogP contribution in [0.1, 0.15) is 24.8 Å². The lowest BCUT2D eigenvalue weighted by atomic mass is 10.2. The maximum absolute atomic E-state index is 11.1. The molecule has 1 heterocycles. The molecule has 0 spiro atoms. The Morgan fingerprint density at radius 1 is 1.57 bits per heavy atom. The van der Waals surface area contributed by atoms with Crippen molar-refractivity contribution >= 4 is 17.3 Å². The van der Waals surface area contributed by atoms with Crippen LogP contribution in [-0.4, -0.2) is 19.1 Å². The van der Waals surface area contributed by atoms with Gasteiger partial charge < -0.3 is 4.74 Å². The number of hydrogen-bond acceptors (Lipinski definition) is 4. The van der Waals surface area contributed by atoms with Gasteiger partial charge in [-0.2, -0.15) is 0 Å². The van der Waals surface area contributed by atoms with Crippen molar-refractivity contribution in [3.05, 3.63) is 22.4 Å². The molecule has 4 heteroatoms. The fourth-order valence-electron chi connectivity index (χ4n) is 1.24. The Hall–Kier alpha value is -0.870. The molecule has 2 atom stereocenters. The van der Waals surface area contributed by atoms with Crippen LogP contribution in [0.4, 0.5) is 0 Å². The van der Waals surface area contributed by atoms with Crippen LogP contribution in [-0.2, 0) is 9.53 Å². The van der Waals surface area contributed by atoms with Crippen LogP contribution < -0.4 is 5.32 Å². The van der Waals surface area contributed by atoms with Gasteiger partial charge in [0.15, 0.2) is 0 Å². The molecule has 1 unspecified atom stereocenters. The second kappa shape index (κ2) is 5.12. The Kier molecular flexibility index (Phi) is 4.10. The van der Waals surface area contributed by atoms with Gasteiger partial charge in [0.25, 0.3) is 0 Å². The summed E-state index contributed by atoms with van der Waals surface area (Å²) in [5, 5.41) is 5.19. The molecule has 14 heavy (non-hydrogen) atoms. The van der Waals surface area contributed by atoms with Crippen LogP contribution in [0.5, 0.6) is 0 Å². The zero-order valence-corrected chi connectivity index (χ0v) is 9.43. The first kappa shape index (κ1) is 11.2. The van der Waals surface area contributed by atoms with Crippen molar-refractivity contribution in [1.29, 1.82) is 0 Å². The second-order valence-electron chi connectivity index (χ2n) is 3.15. The van der Waals surface area contributed by atoms with Gasteiger partial charge in [0.1, 0.15) is 6.04 Å². The third-order valence-electron chi connectivity index (χ3n) is 2.02. The summed E-state index contributed by atoms with van der Waals surface area (Å²) in [4.78, 5) is 12.4. The van der Waals surface area contributed by atoms with Gasteiger partial charge in [-0.25, -0.2) is 0 Å². The summed E-state index contributed by atoms with van der Waals surface area (Å²) < 4.78 is 4.63. The predicted molar refractivity (Wildman–Crippen MR) is 57.3 cm³/mol. The summed E-state index contributed by atoms with van der Waals surface area (Å²) >= 11 is 1.68. The minimum atomic E-state index is -0.267. The number of rotatable bonds is 4. The van der Waals surface area contributed by atoms with Crippen molar-refractivity contribution in [2.24, 2.45) is 0 Å². The molecule has 0 radical (unpaired) electrons. The number of ether oxygens (including phenoxy) is 1. The topological polar surface area (TPSA) is 38.3 Å². The van der Waals surface area contributed by atoms with Crippen molar-refractivity contribution in [2.75, 3.05) is 7.11 Å². The second-order valence-corrected chi connectivity index (χ2v) is 4.13. The zero-order chi connectivity index (χ0) is 10.6. The first-order valence-corrected chi connectivity index (χ1v) is 5.40. The van der Waals surface area contributed by atoms with E-state index < -0.39 is 0 Å². The molecule has 0 aliphatic heterocycles. The lowest BCUT2D eigenvalue weighted by Crippen LogP contribution is -2.36. The minimum Gasteiger partial charge on any atom is -0.468 e. The van der Waals surface area contributed by atoms with Crippen LogP contribution in [0, 0.1) is 0 Å². The van der Waals surface area contributed by atoms with Crippen LogP contribution in [0.3, 0.4) is 0 Å². The van der Waals surface area contributed by atoms with Gasteiger partial charge >= 0.3 is 5.97 Å². The van der Waals surface area contributed by atoms with E-state index in [2.05, 4.69) is 10.1 Å². The van der Waals surface area contributed by atoms with Crippen LogP contribution >= 0.6 is 11.3 Å². The van der Waals surface area contributed by atoms with E-state index in [9.17, 15) is 4.79 Å². The normalized spacial score (nSPS) is 14.8. The summed E-state index contributed by atoms with van der Waals surface area (Å²) in [5.41, 5.74) is 0. The van der Waals surface area contributed by atoms with Gasteiger partial charge in [0.2, 0.25) is 0 Å². The average Bonchev–Trinajstić information content (AvgIpc) is 2.69. The van der Waals surface area contributed by atoms with E-state index in [0.717, 1.165) is 0 Å². The standard InChI is InChI=1S/C10H15NO2S/c1-7(9-5-4-6-14-9)11-8(2)10(12)13-3/h4-8,11H,1-3H3/t7?,8-/m0/s1. The van der Waals surface area contributed by atoms with Gasteiger partial charge in [-0.15, -0.1) is 11.3 Å². The minimum absolute atomic E-state index is 0.184. The average molecular weight is 213 g/mol. The molecule has 0 saturated heterocycles. The molecule has 0 aliphatic carbocycles. The molecular formula is C10H15NO2S. The SMILES string of the molecule is COC(=O)[C@H](C)NC(C)c1cccs1. The molecule has 0 amide bonds. The van der Waals surface area contributed by atoms with Crippen LogP contribution in [0.15, 0.2) is 17.5 Å². The first-order chi connectivity index (χ1) is 6.65. The largest absolute Gasteiger partial charge is 0.468 e. The molecule has 0 saturated carbocycles. The van der Waals surface area contributed by atoms with E-state index in [1.165, 1.54) is 12.0 Å². The third-order valence-corrected chi connectivity index (χ3v) is 3.08. The number of nitrogens with one attached hydrogen (secondary N) is 1. The number of esters is 1. The maximum Gasteiger partial charge on any atom is 0.322 e. The third kappa shape index (κ3) is 2.82. The molecule has 0 aromatic carbocycles. The van der Waals surface area contributed by atoms with Gasteiger partial charge in [0.05, 0.1) is 7.11 Å². The smallest absolute Gasteiger partial charge is 0.322 e. The maximum atomic E-state index is 11.1. The monoisotopic (exact) mass is 213 g/mol. The van der Waals surface area contributed by atoms with Gasteiger partial charge in [-0.1, -0.05) is 6.07 Å². The number of carbonyl (C=O) groups is 1. The van der Waals surface area contributed by atoms with E-state index in [4.69, 9.17) is 0 Å². The van der Waals surface area contributed by atoms with Gasteiger partial charge in [0, 0.05) is 10.9 Å². The molecule has 1 aromatic heterocycles. The Morgan fingerprint density at radius 3 is 2.79 bits per heavy atom. The van der Waals surface area contributed by atoms with E-state index in [1.807, 2.05) is 24.4 Å². The summed E-state index contributed by atoms with van der Waals surface area (Å²) in [6.45, 7) is 3.83. The summed E-state index contributed by atoms with van der Waals surface area (Å²) in [6.07, 6.45) is 0. The van der Waals surface area contributed by atoms with E-state index in [0.29, 0.717) is 0 Å². The van der Waals surface area contributed by atoms with Crippen molar-refractivity contribution < 1.29 is 9.53 Å². The predicted octanol–water partition coefficient (Wildman–Crippen LogP) is 1.96. The highest BCUT2D eigenvalue weighted by Crippen LogP contribution is 2.18. The fraction of sp³-hybridized carbons (Fsp3) is 0.500. The number of hydrogen-bond donors (Lipinski definition) is 1. The Labute approximate surface area is 88.1 Å². The zero-order valence-electron chi connectivity index (χ0n) is 8.61. The Morgan fingerprint density at radius 2 is 2.29 bits per heavy atom. The molecule has 1 aromatic rings. The summed E-state index contributed by atoms with van der Waals surface area (Å²) in [5.74, 6) is -0.228. The highest BCUT2D eigenvalue weighted by molar-refractivity contribution is 7.10. The molecule has 3 nitrogen and oxygen atoms in total. The van der Waals surface area contributed by atoms with Crippen molar-refractivity contribution in [3.8, 4) is 0 Å². The first-order valence-electron chi connectivity index (χ1n) is 4.52. The van der Waals surface area contributed by atoms with Crippen LogP contribution in [0.2, 0.25) is 0 Å². The molecule has 78 valence electrons. The van der Waals surface area contributed by atoms with Gasteiger partial charge in [-0.05, 0) is 25.3 Å². The van der Waals surface area contributed by atoms with E-state index >= 15 is 0 Å². The molecular weight excluding hydrogens is 198 g/mol. The molecule has 0 bridgehead atoms. The van der Waals surface area contributed by atoms with Gasteiger partial charge in [-0.3, -0.25) is 10.1 Å².